The summed E-state index contributed by atoms with van der Waals surface area (Å²) >= 11 is 3.30. The van der Waals surface area contributed by atoms with E-state index in [1.54, 1.807) is 32.0 Å². The van der Waals surface area contributed by atoms with Gasteiger partial charge in [0.1, 0.15) is 17.4 Å². The first-order valence-electron chi connectivity index (χ1n) is 6.10. The van der Waals surface area contributed by atoms with Crippen molar-refractivity contribution in [3.63, 3.8) is 0 Å². The number of rotatable bonds is 2. The van der Waals surface area contributed by atoms with E-state index in [0.717, 1.165) is 9.15 Å². The molecule has 0 aliphatic carbocycles. The number of aryl methyl sites for hydroxylation is 2. The highest BCUT2D eigenvalue weighted by molar-refractivity contribution is 9.10. The fourth-order valence-corrected chi connectivity index (χ4v) is 2.29. The highest BCUT2D eigenvalue weighted by Gasteiger charge is 2.09. The van der Waals surface area contributed by atoms with Crippen LogP contribution in [0.4, 0.5) is 0 Å². The lowest BCUT2D eigenvalue weighted by Gasteiger charge is -2.06. The minimum Gasteiger partial charge on any atom is -0.507 e. The molecule has 5 nitrogen and oxygen atoms in total. The Labute approximate surface area is 129 Å². The minimum absolute atomic E-state index is 0.0558. The van der Waals surface area contributed by atoms with Crippen LogP contribution in [0.25, 0.3) is 0 Å². The molecule has 0 saturated carbocycles. The maximum Gasteiger partial charge on any atom is 0.289 e. The Balaban J connectivity index is 2.54. The predicted molar refractivity (Wildman–Crippen MR) is 83.7 cm³/mol. The van der Waals surface area contributed by atoms with Crippen molar-refractivity contribution in [3.05, 3.63) is 61.5 Å². The van der Waals surface area contributed by atoms with E-state index in [4.69, 9.17) is 5.26 Å². The number of nitriles is 1. The van der Waals surface area contributed by atoms with Gasteiger partial charge in [-0.1, -0.05) is 15.9 Å². The van der Waals surface area contributed by atoms with E-state index in [1.807, 2.05) is 6.07 Å². The number of aromatic nitrogens is 1. The van der Waals surface area contributed by atoms with Crippen molar-refractivity contribution in [2.24, 2.45) is 5.10 Å². The topological polar surface area (TPSA) is 78.4 Å². The van der Waals surface area contributed by atoms with Crippen molar-refractivity contribution in [2.45, 2.75) is 13.8 Å². The first-order chi connectivity index (χ1) is 9.93. The van der Waals surface area contributed by atoms with Gasteiger partial charge in [-0.05, 0) is 43.7 Å². The second-order valence-corrected chi connectivity index (χ2v) is 5.44. The molecule has 21 heavy (non-hydrogen) atoms. The fraction of sp³-hybridized carbons (Fsp3) is 0.133. The first kappa shape index (κ1) is 15.0. The quantitative estimate of drug-likeness (QED) is 0.850. The molecule has 0 bridgehead atoms. The lowest BCUT2D eigenvalue weighted by atomic mass is 10.1. The third-order valence-corrected chi connectivity index (χ3v) is 3.47. The van der Waals surface area contributed by atoms with Gasteiger partial charge in [0.2, 0.25) is 0 Å². The Bertz CT molecular complexity index is 832. The van der Waals surface area contributed by atoms with Crippen molar-refractivity contribution >= 4 is 22.1 Å². The van der Waals surface area contributed by atoms with Crippen LogP contribution in [0, 0.1) is 25.2 Å². The van der Waals surface area contributed by atoms with E-state index in [-0.39, 0.29) is 11.3 Å². The number of hydrogen-bond donors (Lipinski definition) is 1. The Morgan fingerprint density at radius 1 is 1.38 bits per heavy atom. The predicted octanol–water partition coefficient (Wildman–Crippen LogP) is 2.69. The third-order valence-electron chi connectivity index (χ3n) is 2.97. The monoisotopic (exact) mass is 345 g/mol. The van der Waals surface area contributed by atoms with Crippen molar-refractivity contribution in [2.75, 3.05) is 0 Å². The van der Waals surface area contributed by atoms with E-state index >= 15 is 0 Å². The first-order valence-corrected chi connectivity index (χ1v) is 6.89. The van der Waals surface area contributed by atoms with Crippen molar-refractivity contribution in [1.29, 1.82) is 5.26 Å². The van der Waals surface area contributed by atoms with Gasteiger partial charge in [0, 0.05) is 15.7 Å². The molecule has 0 fully saturated rings. The summed E-state index contributed by atoms with van der Waals surface area (Å²) in [5.74, 6) is 0.0558. The molecular formula is C15H12BrN3O2. The summed E-state index contributed by atoms with van der Waals surface area (Å²) in [7, 11) is 0. The minimum atomic E-state index is -0.472. The summed E-state index contributed by atoms with van der Waals surface area (Å²) in [5.41, 5.74) is 1.30. The number of hydrogen-bond acceptors (Lipinski definition) is 4. The van der Waals surface area contributed by atoms with Crippen molar-refractivity contribution < 1.29 is 5.11 Å². The smallest absolute Gasteiger partial charge is 0.289 e. The second kappa shape index (κ2) is 5.94. The Morgan fingerprint density at radius 3 is 2.76 bits per heavy atom. The van der Waals surface area contributed by atoms with E-state index in [1.165, 1.54) is 12.3 Å². The van der Waals surface area contributed by atoms with Crippen LogP contribution in [-0.2, 0) is 0 Å². The van der Waals surface area contributed by atoms with Gasteiger partial charge in [-0.25, -0.2) is 4.68 Å². The molecular weight excluding hydrogens is 334 g/mol. The van der Waals surface area contributed by atoms with E-state index in [2.05, 4.69) is 21.0 Å². The number of phenols is 1. The number of pyridine rings is 1. The molecule has 0 atom stereocenters. The highest BCUT2D eigenvalue weighted by atomic mass is 79.9. The van der Waals surface area contributed by atoms with Gasteiger partial charge >= 0.3 is 0 Å². The number of phenolic OH excluding ortho intramolecular Hbond substituents is 1. The zero-order valence-electron chi connectivity index (χ0n) is 11.5. The van der Waals surface area contributed by atoms with Crippen LogP contribution in [0.3, 0.4) is 0 Å². The van der Waals surface area contributed by atoms with Crippen LogP contribution in [0.5, 0.6) is 5.75 Å². The maximum atomic E-state index is 12.2. The Hall–Kier alpha value is -2.39. The molecule has 0 unspecified atom stereocenters. The van der Waals surface area contributed by atoms with Gasteiger partial charge < -0.3 is 5.11 Å². The SMILES string of the molecule is Cc1cc(C)n(/N=C/c2cc(Br)ccc2O)c(=O)c1C#N. The molecule has 2 rings (SSSR count). The van der Waals surface area contributed by atoms with Gasteiger partial charge in [0.05, 0.1) is 6.21 Å². The number of aromatic hydroxyl groups is 1. The maximum absolute atomic E-state index is 12.2. The molecule has 1 N–H and O–H groups in total. The molecule has 6 heteroatoms. The Morgan fingerprint density at radius 2 is 2.10 bits per heavy atom. The van der Waals surface area contributed by atoms with E-state index in [9.17, 15) is 9.90 Å². The van der Waals surface area contributed by atoms with Gasteiger partial charge in [0.25, 0.3) is 5.56 Å². The summed E-state index contributed by atoms with van der Waals surface area (Å²) < 4.78 is 1.93. The summed E-state index contributed by atoms with van der Waals surface area (Å²) in [6, 6.07) is 8.51. The molecule has 1 aromatic carbocycles. The normalized spacial score (nSPS) is 10.8. The van der Waals surface area contributed by atoms with Crippen LogP contribution in [-0.4, -0.2) is 16.0 Å². The lowest BCUT2D eigenvalue weighted by molar-refractivity contribution is 0.474. The molecule has 0 aliphatic rings. The van der Waals surface area contributed by atoms with Crippen LogP contribution < -0.4 is 5.56 Å². The highest BCUT2D eigenvalue weighted by Crippen LogP contribution is 2.20. The number of halogens is 1. The second-order valence-electron chi connectivity index (χ2n) is 4.52. The van der Waals surface area contributed by atoms with Crippen LogP contribution in [0.2, 0.25) is 0 Å². The molecule has 0 radical (unpaired) electrons. The number of benzene rings is 1. The fourth-order valence-electron chi connectivity index (χ4n) is 1.91. The average molecular weight is 346 g/mol. The van der Waals surface area contributed by atoms with Crippen molar-refractivity contribution in [3.8, 4) is 11.8 Å². The molecule has 0 saturated heterocycles. The van der Waals surface area contributed by atoms with Crippen LogP contribution in [0.15, 0.2) is 38.6 Å². The molecule has 0 amide bonds. The largest absolute Gasteiger partial charge is 0.507 e. The molecule has 0 aliphatic heterocycles. The molecule has 1 aromatic heterocycles. The van der Waals surface area contributed by atoms with Crippen LogP contribution in [0.1, 0.15) is 22.4 Å². The molecule has 2 aromatic rings. The molecule has 106 valence electrons. The zero-order valence-corrected chi connectivity index (χ0v) is 13.0. The molecule has 0 spiro atoms. The summed E-state index contributed by atoms with van der Waals surface area (Å²) in [4.78, 5) is 12.2. The Kier molecular flexibility index (Phi) is 4.24. The van der Waals surface area contributed by atoms with E-state index in [0.29, 0.717) is 16.8 Å². The summed E-state index contributed by atoms with van der Waals surface area (Å²) in [5, 5.41) is 22.8. The third kappa shape index (κ3) is 3.03. The summed E-state index contributed by atoms with van der Waals surface area (Å²) in [6.45, 7) is 3.44. The van der Waals surface area contributed by atoms with Gasteiger partial charge in [0.15, 0.2) is 0 Å². The zero-order chi connectivity index (χ0) is 15.6. The summed E-state index contributed by atoms with van der Waals surface area (Å²) in [6.07, 6.45) is 1.38. The van der Waals surface area contributed by atoms with E-state index < -0.39 is 5.56 Å². The van der Waals surface area contributed by atoms with Gasteiger partial charge in [-0.2, -0.15) is 10.4 Å². The van der Waals surface area contributed by atoms with Crippen molar-refractivity contribution in [1.82, 2.24) is 4.68 Å². The lowest BCUT2D eigenvalue weighted by Crippen LogP contribution is -2.22. The van der Waals surface area contributed by atoms with Gasteiger partial charge in [-0.15, -0.1) is 0 Å². The number of nitrogens with zero attached hydrogens (tertiary/aromatic N) is 3. The van der Waals surface area contributed by atoms with Gasteiger partial charge in [-0.3, -0.25) is 4.79 Å². The molecule has 1 heterocycles. The average Bonchev–Trinajstić information content (AvgIpc) is 2.42. The van der Waals surface area contributed by atoms with Crippen LogP contribution >= 0.6 is 15.9 Å². The standard InChI is InChI=1S/C15H12BrN3O2/c1-9-5-10(2)19(15(21)13(9)7-17)18-8-11-6-12(16)3-4-14(11)20/h3-6,8,20H,1-2H3/b18-8+.